The Labute approximate surface area is 307 Å². The third-order valence-corrected chi connectivity index (χ3v) is 8.41. The molecule has 6 heteroatoms. The van der Waals surface area contributed by atoms with Gasteiger partial charge in [0.25, 0.3) is 0 Å². The van der Waals surface area contributed by atoms with Gasteiger partial charge in [0, 0.05) is 19.3 Å². The van der Waals surface area contributed by atoms with Crippen molar-refractivity contribution < 1.29 is 28.6 Å². The fourth-order valence-corrected chi connectivity index (χ4v) is 5.35. The first-order valence-corrected chi connectivity index (χ1v) is 20.4. The first-order valence-electron chi connectivity index (χ1n) is 20.4. The minimum atomic E-state index is -0.794. The molecular formula is C44H74O6. The van der Waals surface area contributed by atoms with E-state index in [1.165, 1.54) is 83.5 Å². The summed E-state index contributed by atoms with van der Waals surface area (Å²) in [4.78, 5) is 37.4. The number of rotatable bonds is 35. The molecule has 0 saturated carbocycles. The molecule has 0 amide bonds. The van der Waals surface area contributed by atoms with Gasteiger partial charge in [0.05, 0.1) is 0 Å². The van der Waals surface area contributed by atoms with Crippen molar-refractivity contribution in [3.8, 4) is 0 Å². The minimum absolute atomic E-state index is 0.0952. The Morgan fingerprint density at radius 3 is 1.22 bits per heavy atom. The summed E-state index contributed by atoms with van der Waals surface area (Å²) in [5.74, 6) is -0.984. The summed E-state index contributed by atoms with van der Waals surface area (Å²) >= 11 is 0. The molecule has 0 rings (SSSR count). The van der Waals surface area contributed by atoms with Gasteiger partial charge in [-0.15, -0.1) is 0 Å². The van der Waals surface area contributed by atoms with E-state index in [2.05, 4.69) is 26.8 Å². The fraction of sp³-hybridized carbons (Fsp3) is 0.705. The molecule has 0 aromatic heterocycles. The summed E-state index contributed by atoms with van der Waals surface area (Å²) < 4.78 is 16.5. The molecule has 0 radical (unpaired) electrons. The summed E-state index contributed by atoms with van der Waals surface area (Å²) in [6.07, 6.45) is 45.0. The quantitative estimate of drug-likeness (QED) is 0.0284. The molecule has 50 heavy (non-hydrogen) atoms. The van der Waals surface area contributed by atoms with Gasteiger partial charge in [-0.2, -0.15) is 0 Å². The molecule has 0 aliphatic heterocycles. The van der Waals surface area contributed by atoms with E-state index in [-0.39, 0.29) is 37.5 Å². The standard InChI is InChI=1S/C44H74O6/c1-4-7-10-13-16-19-21-22-23-26-28-31-34-37-43(46)49-40-41(39-48-42(45)36-33-30-27-24-18-15-12-9-6-3)50-44(47)38-35-32-29-25-20-17-14-11-8-5-2/h7,10,13,16,19,21-23,26,28,41H,4-6,8-9,11-12,14-15,17-18,20,24-25,27,29-40H2,1-3H3/b10-7-,16-13-,21-19-,23-22-,28-26-. The van der Waals surface area contributed by atoms with E-state index in [0.29, 0.717) is 19.3 Å². The summed E-state index contributed by atoms with van der Waals surface area (Å²) in [5.41, 5.74) is 0. The number of carbonyl (C=O) groups is 3. The van der Waals surface area contributed by atoms with Crippen LogP contribution in [0.25, 0.3) is 0 Å². The van der Waals surface area contributed by atoms with E-state index in [1.54, 1.807) is 0 Å². The molecule has 0 aromatic rings. The average molecular weight is 699 g/mol. The van der Waals surface area contributed by atoms with Crippen LogP contribution in [0, 0.1) is 0 Å². The molecule has 0 aromatic carbocycles. The second-order valence-corrected chi connectivity index (χ2v) is 13.3. The summed E-state index contributed by atoms with van der Waals surface area (Å²) in [6.45, 7) is 6.36. The zero-order chi connectivity index (χ0) is 36.6. The number of esters is 3. The van der Waals surface area contributed by atoms with Gasteiger partial charge in [-0.1, -0.05) is 191 Å². The molecule has 0 bridgehead atoms. The van der Waals surface area contributed by atoms with E-state index < -0.39 is 6.10 Å². The van der Waals surface area contributed by atoms with Gasteiger partial charge in [0.2, 0.25) is 0 Å². The molecule has 0 heterocycles. The third kappa shape index (κ3) is 36.4. The van der Waals surface area contributed by atoms with Gasteiger partial charge in [-0.3, -0.25) is 14.4 Å². The van der Waals surface area contributed by atoms with Crippen LogP contribution in [0.4, 0.5) is 0 Å². The van der Waals surface area contributed by atoms with Crippen LogP contribution in [0.3, 0.4) is 0 Å². The van der Waals surface area contributed by atoms with Crippen LogP contribution in [0.2, 0.25) is 0 Å². The molecule has 0 aliphatic rings. The van der Waals surface area contributed by atoms with E-state index in [0.717, 1.165) is 51.4 Å². The van der Waals surface area contributed by atoms with Crippen LogP contribution in [0.15, 0.2) is 60.8 Å². The number of hydrogen-bond acceptors (Lipinski definition) is 6. The summed E-state index contributed by atoms with van der Waals surface area (Å²) in [5, 5.41) is 0. The van der Waals surface area contributed by atoms with Crippen LogP contribution in [0.5, 0.6) is 0 Å². The minimum Gasteiger partial charge on any atom is -0.462 e. The van der Waals surface area contributed by atoms with Crippen LogP contribution in [-0.2, 0) is 28.6 Å². The van der Waals surface area contributed by atoms with Crippen molar-refractivity contribution in [3.05, 3.63) is 60.8 Å². The van der Waals surface area contributed by atoms with Gasteiger partial charge in [-0.25, -0.2) is 0 Å². The number of carbonyl (C=O) groups excluding carboxylic acids is 3. The van der Waals surface area contributed by atoms with Crippen molar-refractivity contribution in [1.82, 2.24) is 0 Å². The maximum atomic E-state index is 12.6. The Kier molecular flexibility index (Phi) is 36.7. The van der Waals surface area contributed by atoms with Gasteiger partial charge in [0.15, 0.2) is 6.10 Å². The lowest BCUT2D eigenvalue weighted by atomic mass is 10.1. The number of hydrogen-bond donors (Lipinski definition) is 0. The van der Waals surface area contributed by atoms with Crippen molar-refractivity contribution in [2.45, 2.75) is 187 Å². The second-order valence-electron chi connectivity index (χ2n) is 13.3. The van der Waals surface area contributed by atoms with Crippen molar-refractivity contribution in [2.75, 3.05) is 13.2 Å². The SMILES string of the molecule is CC\C=C/C=C\C=C/C=C\C=C/CCCC(=O)OCC(COC(=O)CCCCCCCCCCC)OC(=O)CCCCCCCCCCCC. The Bertz CT molecular complexity index is 944. The first-order chi connectivity index (χ1) is 24.5. The lowest BCUT2D eigenvalue weighted by molar-refractivity contribution is -0.167. The highest BCUT2D eigenvalue weighted by molar-refractivity contribution is 5.71. The topological polar surface area (TPSA) is 78.9 Å². The second kappa shape index (κ2) is 38.9. The average Bonchev–Trinajstić information content (AvgIpc) is 3.11. The van der Waals surface area contributed by atoms with E-state index in [4.69, 9.17) is 14.2 Å². The molecule has 6 nitrogen and oxygen atoms in total. The zero-order valence-electron chi connectivity index (χ0n) is 32.4. The van der Waals surface area contributed by atoms with Gasteiger partial charge >= 0.3 is 17.9 Å². The van der Waals surface area contributed by atoms with Crippen molar-refractivity contribution in [1.29, 1.82) is 0 Å². The van der Waals surface area contributed by atoms with Crippen molar-refractivity contribution >= 4 is 17.9 Å². The van der Waals surface area contributed by atoms with Crippen LogP contribution in [0.1, 0.15) is 181 Å². The predicted octanol–water partition coefficient (Wildman–Crippen LogP) is 12.6. The number of allylic oxidation sites excluding steroid dienone is 10. The monoisotopic (exact) mass is 699 g/mol. The Balaban J connectivity index is 4.50. The summed E-state index contributed by atoms with van der Waals surface area (Å²) in [7, 11) is 0. The van der Waals surface area contributed by atoms with Crippen LogP contribution >= 0.6 is 0 Å². The highest BCUT2D eigenvalue weighted by atomic mass is 16.6. The smallest absolute Gasteiger partial charge is 0.306 e. The van der Waals surface area contributed by atoms with E-state index in [1.807, 2.05) is 54.7 Å². The maximum absolute atomic E-state index is 12.6. The lowest BCUT2D eigenvalue weighted by Gasteiger charge is -2.18. The van der Waals surface area contributed by atoms with E-state index >= 15 is 0 Å². The lowest BCUT2D eigenvalue weighted by Crippen LogP contribution is -2.30. The Morgan fingerprint density at radius 1 is 0.420 bits per heavy atom. The van der Waals surface area contributed by atoms with Crippen molar-refractivity contribution in [2.24, 2.45) is 0 Å². The van der Waals surface area contributed by atoms with Gasteiger partial charge in [0.1, 0.15) is 13.2 Å². The highest BCUT2D eigenvalue weighted by Gasteiger charge is 2.19. The molecule has 0 aliphatic carbocycles. The normalized spacial score (nSPS) is 12.6. The fourth-order valence-electron chi connectivity index (χ4n) is 5.35. The zero-order valence-corrected chi connectivity index (χ0v) is 32.4. The maximum Gasteiger partial charge on any atom is 0.306 e. The molecule has 0 fully saturated rings. The first kappa shape index (κ1) is 47.1. The summed E-state index contributed by atoms with van der Waals surface area (Å²) in [6, 6.07) is 0. The van der Waals surface area contributed by atoms with Crippen molar-refractivity contribution in [3.63, 3.8) is 0 Å². The van der Waals surface area contributed by atoms with Gasteiger partial charge in [-0.05, 0) is 32.1 Å². The number of ether oxygens (including phenoxy) is 3. The molecule has 286 valence electrons. The molecular weight excluding hydrogens is 624 g/mol. The van der Waals surface area contributed by atoms with E-state index in [9.17, 15) is 14.4 Å². The molecule has 1 atom stereocenters. The molecule has 1 unspecified atom stereocenters. The molecule has 0 N–H and O–H groups in total. The molecule has 0 spiro atoms. The largest absolute Gasteiger partial charge is 0.462 e. The number of unbranched alkanes of at least 4 members (excludes halogenated alkanes) is 18. The third-order valence-electron chi connectivity index (χ3n) is 8.41. The Hall–Kier alpha value is -2.89. The predicted molar refractivity (Wildman–Crippen MR) is 210 cm³/mol. The van der Waals surface area contributed by atoms with Crippen LogP contribution < -0.4 is 0 Å². The van der Waals surface area contributed by atoms with Crippen LogP contribution in [-0.4, -0.2) is 37.2 Å². The highest BCUT2D eigenvalue weighted by Crippen LogP contribution is 2.13. The molecule has 0 saturated heterocycles. The Morgan fingerprint density at radius 2 is 0.780 bits per heavy atom. The van der Waals surface area contributed by atoms with Gasteiger partial charge < -0.3 is 14.2 Å².